The molecule has 0 atom stereocenters. The molecule has 1 aromatic carbocycles. The number of anilines is 1. The van der Waals surface area contributed by atoms with Crippen LogP contribution in [0.25, 0.3) is 0 Å². The van der Waals surface area contributed by atoms with Crippen molar-refractivity contribution in [2.75, 3.05) is 11.9 Å². The molecular formula is C17H25N3O2S. The fourth-order valence-corrected chi connectivity index (χ4v) is 2.13. The first-order chi connectivity index (χ1) is 10.9. The molecule has 0 aromatic heterocycles. The summed E-state index contributed by atoms with van der Waals surface area (Å²) in [7, 11) is 0. The summed E-state index contributed by atoms with van der Waals surface area (Å²) < 4.78 is 0. The number of hydrogen-bond donors (Lipinski definition) is 3. The van der Waals surface area contributed by atoms with Gasteiger partial charge in [0.2, 0.25) is 5.91 Å². The zero-order valence-corrected chi connectivity index (χ0v) is 14.8. The SMILES string of the molecule is CCCCNC(=O)c1ccc(NC(=S)NC(=O)CC(C)C)cc1. The first-order valence-electron chi connectivity index (χ1n) is 7.91. The molecule has 23 heavy (non-hydrogen) atoms. The van der Waals surface area contributed by atoms with Gasteiger partial charge in [0.05, 0.1) is 0 Å². The molecule has 0 aliphatic rings. The second-order valence-electron chi connectivity index (χ2n) is 5.79. The van der Waals surface area contributed by atoms with E-state index in [1.54, 1.807) is 24.3 Å². The van der Waals surface area contributed by atoms with E-state index in [9.17, 15) is 9.59 Å². The largest absolute Gasteiger partial charge is 0.352 e. The summed E-state index contributed by atoms with van der Waals surface area (Å²) in [6.45, 7) is 6.71. The topological polar surface area (TPSA) is 70.2 Å². The van der Waals surface area contributed by atoms with Gasteiger partial charge in [0.1, 0.15) is 0 Å². The molecule has 0 fully saturated rings. The number of rotatable bonds is 7. The Morgan fingerprint density at radius 1 is 1.17 bits per heavy atom. The fourth-order valence-electron chi connectivity index (χ4n) is 1.90. The molecule has 0 aliphatic carbocycles. The fraction of sp³-hybridized carbons (Fsp3) is 0.471. The predicted molar refractivity (Wildman–Crippen MR) is 97.5 cm³/mol. The minimum Gasteiger partial charge on any atom is -0.352 e. The van der Waals surface area contributed by atoms with Gasteiger partial charge < -0.3 is 16.0 Å². The normalized spacial score (nSPS) is 10.3. The van der Waals surface area contributed by atoms with Crippen LogP contribution in [-0.2, 0) is 4.79 Å². The average Bonchev–Trinajstić information content (AvgIpc) is 2.47. The number of nitrogens with one attached hydrogen (secondary N) is 3. The highest BCUT2D eigenvalue weighted by molar-refractivity contribution is 7.80. The summed E-state index contributed by atoms with van der Waals surface area (Å²) in [6, 6.07) is 6.97. The van der Waals surface area contributed by atoms with E-state index in [4.69, 9.17) is 12.2 Å². The maximum atomic E-state index is 11.9. The number of thiocarbonyl (C=S) groups is 1. The Morgan fingerprint density at radius 2 is 1.83 bits per heavy atom. The van der Waals surface area contributed by atoms with Crippen molar-refractivity contribution in [2.45, 2.75) is 40.0 Å². The van der Waals surface area contributed by atoms with Gasteiger partial charge in [-0.25, -0.2) is 0 Å². The zero-order chi connectivity index (χ0) is 17.2. The summed E-state index contributed by atoms with van der Waals surface area (Å²) in [4.78, 5) is 23.5. The quantitative estimate of drug-likeness (QED) is 0.529. The van der Waals surface area contributed by atoms with Gasteiger partial charge in [-0.2, -0.15) is 0 Å². The highest BCUT2D eigenvalue weighted by atomic mass is 32.1. The maximum Gasteiger partial charge on any atom is 0.251 e. The summed E-state index contributed by atoms with van der Waals surface area (Å²) in [6.07, 6.45) is 2.44. The van der Waals surface area contributed by atoms with Gasteiger partial charge in [-0.1, -0.05) is 27.2 Å². The monoisotopic (exact) mass is 335 g/mol. The van der Waals surface area contributed by atoms with Gasteiger partial charge in [0.15, 0.2) is 5.11 Å². The molecule has 0 heterocycles. The van der Waals surface area contributed by atoms with Crippen molar-refractivity contribution in [1.82, 2.24) is 10.6 Å². The van der Waals surface area contributed by atoms with Crippen LogP contribution in [0.1, 0.15) is 50.4 Å². The van der Waals surface area contributed by atoms with Crippen molar-refractivity contribution in [3.63, 3.8) is 0 Å². The van der Waals surface area contributed by atoms with E-state index >= 15 is 0 Å². The smallest absolute Gasteiger partial charge is 0.251 e. The third-order valence-corrected chi connectivity index (χ3v) is 3.27. The molecule has 5 nitrogen and oxygen atoms in total. The lowest BCUT2D eigenvalue weighted by atomic mass is 10.1. The minimum absolute atomic E-state index is 0.0854. The van der Waals surface area contributed by atoms with E-state index in [-0.39, 0.29) is 22.8 Å². The minimum atomic E-state index is -0.107. The van der Waals surface area contributed by atoms with Gasteiger partial charge in [0.25, 0.3) is 5.91 Å². The average molecular weight is 335 g/mol. The molecule has 0 radical (unpaired) electrons. The van der Waals surface area contributed by atoms with Crippen LogP contribution >= 0.6 is 12.2 Å². The number of carbonyl (C=O) groups is 2. The summed E-state index contributed by atoms with van der Waals surface area (Å²) in [5.41, 5.74) is 1.33. The van der Waals surface area contributed by atoms with E-state index < -0.39 is 0 Å². The van der Waals surface area contributed by atoms with Gasteiger partial charge in [-0.15, -0.1) is 0 Å². The van der Waals surface area contributed by atoms with E-state index in [1.165, 1.54) is 0 Å². The van der Waals surface area contributed by atoms with Crippen molar-refractivity contribution in [3.8, 4) is 0 Å². The summed E-state index contributed by atoms with van der Waals surface area (Å²) in [5.74, 6) is 0.0885. The van der Waals surface area contributed by atoms with Crippen molar-refractivity contribution in [1.29, 1.82) is 0 Å². The standard InChI is InChI=1S/C17H25N3O2S/c1-4-5-10-18-16(22)13-6-8-14(9-7-13)19-17(23)20-15(21)11-12(2)3/h6-9,12H,4-5,10-11H2,1-3H3,(H,18,22)(H2,19,20,21,23). The number of unbranched alkanes of at least 4 members (excludes halogenated alkanes) is 1. The first kappa shape index (κ1) is 19.1. The van der Waals surface area contributed by atoms with Crippen LogP contribution < -0.4 is 16.0 Å². The Bertz CT molecular complexity index is 541. The second-order valence-corrected chi connectivity index (χ2v) is 6.20. The van der Waals surface area contributed by atoms with Gasteiger partial charge in [-0.3, -0.25) is 9.59 Å². The van der Waals surface area contributed by atoms with E-state index in [0.717, 1.165) is 18.5 Å². The molecule has 0 unspecified atom stereocenters. The number of carbonyl (C=O) groups excluding carboxylic acids is 2. The number of amides is 2. The van der Waals surface area contributed by atoms with Gasteiger partial charge in [-0.05, 0) is 48.8 Å². The molecule has 1 aromatic rings. The molecule has 0 bridgehead atoms. The van der Waals surface area contributed by atoms with Crippen LogP contribution in [0, 0.1) is 5.92 Å². The Kier molecular flexibility index (Phi) is 8.26. The third kappa shape index (κ3) is 7.74. The van der Waals surface area contributed by atoms with E-state index in [2.05, 4.69) is 22.9 Å². The summed E-state index contributed by atoms with van der Waals surface area (Å²) in [5, 5.41) is 8.69. The third-order valence-electron chi connectivity index (χ3n) is 3.07. The van der Waals surface area contributed by atoms with E-state index in [0.29, 0.717) is 18.5 Å². The highest BCUT2D eigenvalue weighted by Crippen LogP contribution is 2.09. The second kappa shape index (κ2) is 9.94. The van der Waals surface area contributed by atoms with Crippen LogP contribution in [0.15, 0.2) is 24.3 Å². The predicted octanol–water partition coefficient (Wildman–Crippen LogP) is 3.08. The molecule has 0 spiro atoms. The van der Waals surface area contributed by atoms with Crippen LogP contribution in [-0.4, -0.2) is 23.5 Å². The number of hydrogen-bond acceptors (Lipinski definition) is 3. The zero-order valence-electron chi connectivity index (χ0n) is 13.9. The van der Waals surface area contributed by atoms with Crippen molar-refractivity contribution >= 4 is 34.8 Å². The van der Waals surface area contributed by atoms with E-state index in [1.807, 2.05) is 13.8 Å². The summed E-state index contributed by atoms with van der Waals surface area (Å²) >= 11 is 5.10. The lowest BCUT2D eigenvalue weighted by Gasteiger charge is -2.11. The van der Waals surface area contributed by atoms with Gasteiger partial charge >= 0.3 is 0 Å². The molecule has 1 rings (SSSR count). The maximum absolute atomic E-state index is 11.9. The van der Waals surface area contributed by atoms with Crippen molar-refractivity contribution in [2.24, 2.45) is 5.92 Å². The molecular weight excluding hydrogens is 310 g/mol. The first-order valence-corrected chi connectivity index (χ1v) is 8.32. The Morgan fingerprint density at radius 3 is 2.39 bits per heavy atom. The molecule has 0 aliphatic heterocycles. The lowest BCUT2D eigenvalue weighted by molar-refractivity contribution is -0.120. The molecule has 0 saturated heterocycles. The van der Waals surface area contributed by atoms with Crippen molar-refractivity contribution in [3.05, 3.63) is 29.8 Å². The van der Waals surface area contributed by atoms with Crippen LogP contribution in [0.3, 0.4) is 0 Å². The molecule has 0 saturated carbocycles. The molecule has 3 N–H and O–H groups in total. The Balaban J connectivity index is 2.48. The molecule has 126 valence electrons. The Labute approximate surface area is 143 Å². The van der Waals surface area contributed by atoms with Crippen LogP contribution in [0.2, 0.25) is 0 Å². The molecule has 6 heteroatoms. The number of benzene rings is 1. The van der Waals surface area contributed by atoms with Crippen LogP contribution in [0.4, 0.5) is 5.69 Å². The van der Waals surface area contributed by atoms with Crippen LogP contribution in [0.5, 0.6) is 0 Å². The van der Waals surface area contributed by atoms with Crippen molar-refractivity contribution < 1.29 is 9.59 Å². The Hall–Kier alpha value is -1.95. The molecule has 2 amide bonds. The van der Waals surface area contributed by atoms with Gasteiger partial charge in [0, 0.05) is 24.2 Å². The highest BCUT2D eigenvalue weighted by Gasteiger charge is 2.08. The lowest BCUT2D eigenvalue weighted by Crippen LogP contribution is -2.34.